The molecule has 29 heavy (non-hydrogen) atoms. The molecule has 2 aromatic carbocycles. The van der Waals surface area contributed by atoms with Crippen molar-refractivity contribution in [1.29, 1.82) is 0 Å². The minimum atomic E-state index is -0.0728. The van der Waals surface area contributed by atoms with Crippen LogP contribution in [0.4, 0.5) is 0 Å². The Hall–Kier alpha value is -3.01. The molecule has 4 heteroatoms. The Morgan fingerprint density at radius 3 is 2.31 bits per heavy atom. The molecule has 0 bridgehead atoms. The lowest BCUT2D eigenvalue weighted by Gasteiger charge is -2.15. The fraction of sp³-hybridized carbons (Fsp3) is 0.320. The average Bonchev–Trinajstić information content (AvgIpc) is 2.73. The Morgan fingerprint density at radius 2 is 1.69 bits per heavy atom. The Balaban J connectivity index is 2.28. The number of benzene rings is 2. The molecule has 2 rings (SSSR count). The summed E-state index contributed by atoms with van der Waals surface area (Å²) in [5.74, 6) is 2.17. The van der Waals surface area contributed by atoms with E-state index in [4.69, 9.17) is 14.2 Å². The topological polar surface area (TPSA) is 44.8 Å². The maximum Gasteiger partial charge on any atom is 0.185 e. The number of hydrogen-bond acceptors (Lipinski definition) is 4. The maximum atomic E-state index is 12.6. The lowest BCUT2D eigenvalue weighted by atomic mass is 10.0. The monoisotopic (exact) mass is 394 g/mol. The van der Waals surface area contributed by atoms with Crippen LogP contribution in [0, 0.1) is 0 Å². The molecule has 154 valence electrons. The molecule has 0 aliphatic rings. The lowest BCUT2D eigenvalue weighted by molar-refractivity contribution is 0.104. The van der Waals surface area contributed by atoms with Gasteiger partial charge in [0.1, 0.15) is 17.2 Å². The fourth-order valence-electron chi connectivity index (χ4n) is 2.88. The van der Waals surface area contributed by atoms with Crippen LogP contribution in [0.5, 0.6) is 17.2 Å². The predicted molar refractivity (Wildman–Crippen MR) is 118 cm³/mol. The van der Waals surface area contributed by atoms with Gasteiger partial charge in [0.15, 0.2) is 5.78 Å². The summed E-state index contributed by atoms with van der Waals surface area (Å²) in [7, 11) is 0. The molecule has 0 spiro atoms. The second-order valence-electron chi connectivity index (χ2n) is 6.42. The summed E-state index contributed by atoms with van der Waals surface area (Å²) < 4.78 is 17.0. The van der Waals surface area contributed by atoms with E-state index >= 15 is 0 Å². The number of carbonyl (C=O) groups excluding carboxylic acids is 1. The molecule has 0 aliphatic carbocycles. The summed E-state index contributed by atoms with van der Waals surface area (Å²) in [5, 5.41) is 0. The molecule has 0 heterocycles. The van der Waals surface area contributed by atoms with E-state index in [2.05, 4.69) is 13.5 Å². The maximum absolute atomic E-state index is 12.6. The first-order chi connectivity index (χ1) is 14.1. The van der Waals surface area contributed by atoms with E-state index in [1.165, 1.54) is 0 Å². The molecule has 0 aromatic heterocycles. The van der Waals surface area contributed by atoms with E-state index in [1.54, 1.807) is 18.2 Å². The van der Waals surface area contributed by atoms with Crippen LogP contribution < -0.4 is 14.2 Å². The highest BCUT2D eigenvalue weighted by atomic mass is 16.5. The van der Waals surface area contributed by atoms with Crippen molar-refractivity contribution in [2.75, 3.05) is 19.8 Å². The van der Waals surface area contributed by atoms with Gasteiger partial charge in [-0.3, -0.25) is 4.79 Å². The van der Waals surface area contributed by atoms with E-state index in [0.29, 0.717) is 37.6 Å². The number of hydrogen-bond donors (Lipinski definition) is 0. The van der Waals surface area contributed by atoms with Crippen molar-refractivity contribution in [2.45, 2.75) is 33.6 Å². The average molecular weight is 395 g/mol. The van der Waals surface area contributed by atoms with Gasteiger partial charge >= 0.3 is 0 Å². The van der Waals surface area contributed by atoms with Crippen LogP contribution in [0.1, 0.15) is 48.7 Å². The summed E-state index contributed by atoms with van der Waals surface area (Å²) in [6, 6.07) is 11.0. The van der Waals surface area contributed by atoms with Crippen LogP contribution in [-0.4, -0.2) is 25.6 Å². The molecule has 0 N–H and O–H groups in total. The fourth-order valence-corrected chi connectivity index (χ4v) is 2.88. The van der Waals surface area contributed by atoms with E-state index in [-0.39, 0.29) is 5.78 Å². The lowest BCUT2D eigenvalue weighted by Crippen LogP contribution is -2.01. The number of carbonyl (C=O) groups is 1. The molecule has 0 aliphatic heterocycles. The summed E-state index contributed by atoms with van der Waals surface area (Å²) >= 11 is 0. The summed E-state index contributed by atoms with van der Waals surface area (Å²) in [4.78, 5) is 12.6. The first-order valence-electron chi connectivity index (χ1n) is 10.1. The van der Waals surface area contributed by atoms with Crippen molar-refractivity contribution in [2.24, 2.45) is 0 Å². The van der Waals surface area contributed by atoms with Crippen LogP contribution in [0.2, 0.25) is 0 Å². The SMILES string of the molecule is C=CCc1c(/C=C/C(=O)c2ccc(OCCC)cc2)cc(OCC)cc1OCC. The van der Waals surface area contributed by atoms with Crippen molar-refractivity contribution in [3.8, 4) is 17.2 Å². The molecule has 0 atom stereocenters. The van der Waals surface area contributed by atoms with Crippen molar-refractivity contribution in [3.63, 3.8) is 0 Å². The molecule has 0 amide bonds. The van der Waals surface area contributed by atoms with Gasteiger partial charge in [0.2, 0.25) is 0 Å². The van der Waals surface area contributed by atoms with Crippen LogP contribution in [0.3, 0.4) is 0 Å². The van der Waals surface area contributed by atoms with Crippen LogP contribution in [0.25, 0.3) is 6.08 Å². The van der Waals surface area contributed by atoms with Crippen molar-refractivity contribution < 1.29 is 19.0 Å². The number of allylic oxidation sites excluding steroid dienone is 2. The standard InChI is InChI=1S/C25H30O4/c1-5-9-23-20(17-22(27-7-3)18-25(23)28-8-4)12-15-24(26)19-10-13-21(14-11-19)29-16-6-2/h5,10-15,17-18H,1,6-9,16H2,2-4H3/b15-12+. The van der Waals surface area contributed by atoms with Crippen LogP contribution in [0.15, 0.2) is 55.1 Å². The van der Waals surface area contributed by atoms with E-state index in [1.807, 2.05) is 50.3 Å². The first-order valence-corrected chi connectivity index (χ1v) is 10.1. The number of rotatable bonds is 12. The zero-order valence-electron chi connectivity index (χ0n) is 17.6. The molecule has 0 radical (unpaired) electrons. The van der Waals surface area contributed by atoms with Gasteiger partial charge in [0.25, 0.3) is 0 Å². The molecule has 2 aromatic rings. The Bertz CT molecular complexity index is 835. The van der Waals surface area contributed by atoms with Gasteiger partial charge in [-0.1, -0.05) is 19.1 Å². The predicted octanol–water partition coefficient (Wildman–Crippen LogP) is 5.90. The summed E-state index contributed by atoms with van der Waals surface area (Å²) in [6.45, 7) is 11.5. The van der Waals surface area contributed by atoms with E-state index in [0.717, 1.165) is 29.0 Å². The van der Waals surface area contributed by atoms with Crippen LogP contribution in [-0.2, 0) is 6.42 Å². The first kappa shape index (κ1) is 22.3. The van der Waals surface area contributed by atoms with Gasteiger partial charge in [0, 0.05) is 17.2 Å². The van der Waals surface area contributed by atoms with Gasteiger partial charge in [-0.05, 0) is 68.7 Å². The highest BCUT2D eigenvalue weighted by molar-refractivity contribution is 6.07. The Kier molecular flexibility index (Phi) is 9.03. The van der Waals surface area contributed by atoms with Gasteiger partial charge in [0.05, 0.1) is 19.8 Å². The second kappa shape index (κ2) is 11.7. The van der Waals surface area contributed by atoms with E-state index in [9.17, 15) is 4.79 Å². The smallest absolute Gasteiger partial charge is 0.185 e. The van der Waals surface area contributed by atoms with Gasteiger partial charge in [-0.25, -0.2) is 0 Å². The third-order valence-corrected chi connectivity index (χ3v) is 4.20. The molecule has 0 unspecified atom stereocenters. The largest absolute Gasteiger partial charge is 0.494 e. The molecule has 4 nitrogen and oxygen atoms in total. The highest BCUT2D eigenvalue weighted by Crippen LogP contribution is 2.31. The van der Waals surface area contributed by atoms with Crippen molar-refractivity contribution in [3.05, 3.63) is 71.8 Å². The molecule has 0 saturated carbocycles. The highest BCUT2D eigenvalue weighted by Gasteiger charge is 2.11. The second-order valence-corrected chi connectivity index (χ2v) is 6.42. The quantitative estimate of drug-likeness (QED) is 0.255. The summed E-state index contributed by atoms with van der Waals surface area (Å²) in [6.07, 6.45) is 6.80. The van der Waals surface area contributed by atoms with Crippen molar-refractivity contribution in [1.82, 2.24) is 0 Å². The third kappa shape index (κ3) is 6.53. The minimum Gasteiger partial charge on any atom is -0.494 e. The minimum absolute atomic E-state index is 0.0728. The normalized spacial score (nSPS) is 10.7. The Morgan fingerprint density at radius 1 is 0.966 bits per heavy atom. The third-order valence-electron chi connectivity index (χ3n) is 4.20. The zero-order valence-corrected chi connectivity index (χ0v) is 17.6. The Labute approximate surface area is 173 Å². The van der Waals surface area contributed by atoms with E-state index < -0.39 is 0 Å². The van der Waals surface area contributed by atoms with Gasteiger partial charge in [-0.15, -0.1) is 6.58 Å². The number of ketones is 1. The van der Waals surface area contributed by atoms with Gasteiger partial charge < -0.3 is 14.2 Å². The molecular weight excluding hydrogens is 364 g/mol. The summed E-state index contributed by atoms with van der Waals surface area (Å²) in [5.41, 5.74) is 2.48. The zero-order chi connectivity index (χ0) is 21.1. The van der Waals surface area contributed by atoms with Crippen molar-refractivity contribution >= 4 is 11.9 Å². The number of ether oxygens (including phenoxy) is 3. The van der Waals surface area contributed by atoms with Gasteiger partial charge in [-0.2, -0.15) is 0 Å². The molecule has 0 fully saturated rings. The molecule has 0 saturated heterocycles. The molecular formula is C25H30O4. The van der Waals surface area contributed by atoms with Crippen LogP contribution >= 0.6 is 0 Å².